The van der Waals surface area contributed by atoms with E-state index in [1.165, 1.54) is 10.5 Å². The third-order valence-corrected chi connectivity index (χ3v) is 3.54. The van der Waals surface area contributed by atoms with Crippen molar-refractivity contribution < 1.29 is 19.0 Å². The monoisotopic (exact) mass is 343 g/mol. The molecule has 0 fully saturated rings. The second-order valence-electron chi connectivity index (χ2n) is 5.24. The molecular formula is C17H14FN3O4. The van der Waals surface area contributed by atoms with Gasteiger partial charge >= 0.3 is 6.09 Å². The lowest BCUT2D eigenvalue weighted by atomic mass is 10.2. The molecule has 0 saturated heterocycles. The molecule has 0 aliphatic carbocycles. The average molecular weight is 343 g/mol. The van der Waals surface area contributed by atoms with Crippen LogP contribution in [0, 0.1) is 0 Å². The number of aromatic nitrogens is 2. The molecule has 0 aliphatic heterocycles. The highest BCUT2D eigenvalue weighted by Gasteiger charge is 2.08. The maximum Gasteiger partial charge on any atom is 0.404 e. The number of benzene rings is 1. The zero-order valence-corrected chi connectivity index (χ0v) is 13.0. The van der Waals surface area contributed by atoms with Crippen molar-refractivity contribution in [2.45, 2.75) is 0 Å². The molecule has 25 heavy (non-hydrogen) atoms. The Bertz CT molecular complexity index is 1030. The highest BCUT2D eigenvalue weighted by atomic mass is 19.1. The Labute approximate surface area is 141 Å². The lowest BCUT2D eigenvalue weighted by Gasteiger charge is -2.10. The van der Waals surface area contributed by atoms with Crippen LogP contribution in [0.5, 0.6) is 5.75 Å². The van der Waals surface area contributed by atoms with Gasteiger partial charge in [-0.05, 0) is 30.3 Å². The highest BCUT2D eigenvalue weighted by Crippen LogP contribution is 2.18. The van der Waals surface area contributed by atoms with Crippen LogP contribution < -0.4 is 15.6 Å². The average Bonchev–Trinajstić information content (AvgIpc) is 2.62. The number of hydrogen-bond donors (Lipinski definition) is 2. The van der Waals surface area contributed by atoms with Gasteiger partial charge in [0.15, 0.2) is 0 Å². The molecule has 7 nitrogen and oxygen atoms in total. The van der Waals surface area contributed by atoms with E-state index in [0.29, 0.717) is 28.6 Å². The predicted octanol–water partition coefficient (Wildman–Crippen LogP) is 2.35. The number of carboxylic acid groups (broad SMARTS) is 1. The zero-order valence-electron chi connectivity index (χ0n) is 13.0. The molecule has 1 aromatic carbocycles. The van der Waals surface area contributed by atoms with E-state index in [2.05, 4.69) is 10.3 Å². The van der Waals surface area contributed by atoms with Gasteiger partial charge in [-0.1, -0.05) is 6.07 Å². The number of halogens is 1. The molecule has 2 N–H and O–H groups in total. The number of nitrogens with one attached hydrogen (secondary N) is 1. The van der Waals surface area contributed by atoms with E-state index in [4.69, 9.17) is 9.84 Å². The summed E-state index contributed by atoms with van der Waals surface area (Å²) in [5.74, 6) is 0.358. The van der Waals surface area contributed by atoms with E-state index >= 15 is 0 Å². The van der Waals surface area contributed by atoms with Gasteiger partial charge in [0.1, 0.15) is 18.0 Å². The Morgan fingerprint density at radius 1 is 1.36 bits per heavy atom. The summed E-state index contributed by atoms with van der Waals surface area (Å²) in [6.07, 6.45) is 0.663. The lowest BCUT2D eigenvalue weighted by Crippen LogP contribution is -2.25. The molecule has 0 saturated carbocycles. The molecule has 0 radical (unpaired) electrons. The van der Waals surface area contributed by atoms with Crippen molar-refractivity contribution in [3.63, 3.8) is 0 Å². The minimum absolute atomic E-state index is 0.121. The Morgan fingerprint density at radius 2 is 2.20 bits per heavy atom. The van der Waals surface area contributed by atoms with Crippen molar-refractivity contribution in [2.24, 2.45) is 0 Å². The number of nitrogens with zero attached hydrogens (tertiary/aromatic N) is 2. The summed E-state index contributed by atoms with van der Waals surface area (Å²) in [4.78, 5) is 27.4. The van der Waals surface area contributed by atoms with Gasteiger partial charge in [0, 0.05) is 18.3 Å². The van der Waals surface area contributed by atoms with Crippen LogP contribution in [0.3, 0.4) is 0 Å². The summed E-state index contributed by atoms with van der Waals surface area (Å²) < 4.78 is 19.6. The summed E-state index contributed by atoms with van der Waals surface area (Å²) >= 11 is 0. The standard InChI is InChI=1S/C17H14FN3O4/c18-8-11(9-19-17(23)24)10-25-12-4-5-14-13(7-12)16(22)21-6-2-1-3-15(21)20-14/h1-8,19H,9-10H2,(H,23,24). The fourth-order valence-corrected chi connectivity index (χ4v) is 2.31. The number of hydrogen-bond acceptors (Lipinski definition) is 4. The second-order valence-corrected chi connectivity index (χ2v) is 5.24. The normalized spacial score (nSPS) is 11.6. The Balaban J connectivity index is 1.86. The minimum atomic E-state index is -1.25. The van der Waals surface area contributed by atoms with Crippen LogP contribution in [-0.2, 0) is 0 Å². The molecular weight excluding hydrogens is 329 g/mol. The first-order valence-corrected chi connectivity index (χ1v) is 7.37. The van der Waals surface area contributed by atoms with E-state index < -0.39 is 6.09 Å². The molecule has 0 atom stereocenters. The molecule has 0 unspecified atom stereocenters. The van der Waals surface area contributed by atoms with E-state index in [0.717, 1.165) is 0 Å². The van der Waals surface area contributed by atoms with Crippen molar-refractivity contribution >= 4 is 22.6 Å². The van der Waals surface area contributed by atoms with Crippen LogP contribution in [0.4, 0.5) is 9.18 Å². The second kappa shape index (κ2) is 7.00. The van der Waals surface area contributed by atoms with Crippen LogP contribution in [0.15, 0.2) is 59.3 Å². The maximum atomic E-state index is 12.8. The van der Waals surface area contributed by atoms with Gasteiger partial charge in [-0.2, -0.15) is 0 Å². The number of carbonyl (C=O) groups is 1. The van der Waals surface area contributed by atoms with Crippen LogP contribution in [0.1, 0.15) is 0 Å². The molecule has 0 bridgehead atoms. The van der Waals surface area contributed by atoms with Gasteiger partial charge < -0.3 is 15.2 Å². The lowest BCUT2D eigenvalue weighted by molar-refractivity contribution is 0.195. The molecule has 2 aromatic heterocycles. The van der Waals surface area contributed by atoms with Gasteiger partial charge in [0.05, 0.1) is 17.2 Å². The first-order chi connectivity index (χ1) is 12.1. The van der Waals surface area contributed by atoms with E-state index in [1.54, 1.807) is 36.5 Å². The van der Waals surface area contributed by atoms with Crippen molar-refractivity contribution in [3.8, 4) is 5.75 Å². The third-order valence-electron chi connectivity index (χ3n) is 3.54. The van der Waals surface area contributed by atoms with Crippen LogP contribution >= 0.6 is 0 Å². The fourth-order valence-electron chi connectivity index (χ4n) is 2.31. The molecule has 2 heterocycles. The quantitative estimate of drug-likeness (QED) is 0.694. The highest BCUT2D eigenvalue weighted by molar-refractivity contribution is 5.81. The Morgan fingerprint density at radius 3 is 2.96 bits per heavy atom. The Hall–Kier alpha value is -3.42. The SMILES string of the molecule is O=C(O)NCC(=CF)COc1ccc2nc3ccccn3c(=O)c2c1. The summed E-state index contributed by atoms with van der Waals surface area (Å²) in [7, 11) is 0. The number of amides is 1. The van der Waals surface area contributed by atoms with Crippen LogP contribution in [0.25, 0.3) is 16.6 Å². The number of ether oxygens (including phenoxy) is 1. The van der Waals surface area contributed by atoms with Crippen LogP contribution in [-0.4, -0.2) is 33.7 Å². The van der Waals surface area contributed by atoms with Crippen molar-refractivity contribution in [1.29, 1.82) is 0 Å². The molecule has 0 aliphatic rings. The minimum Gasteiger partial charge on any atom is -0.489 e. The number of fused-ring (bicyclic) bond motifs is 2. The van der Waals surface area contributed by atoms with Gasteiger partial charge in [-0.3, -0.25) is 9.20 Å². The predicted molar refractivity (Wildman–Crippen MR) is 89.7 cm³/mol. The third kappa shape index (κ3) is 3.57. The smallest absolute Gasteiger partial charge is 0.404 e. The first-order valence-electron chi connectivity index (χ1n) is 7.37. The summed E-state index contributed by atoms with van der Waals surface area (Å²) in [5.41, 5.74) is 0.948. The summed E-state index contributed by atoms with van der Waals surface area (Å²) in [5, 5.41) is 11.0. The molecule has 1 amide bonds. The van der Waals surface area contributed by atoms with Crippen molar-refractivity contribution in [2.75, 3.05) is 13.2 Å². The summed E-state index contributed by atoms with van der Waals surface area (Å²) in [6, 6.07) is 10.1. The van der Waals surface area contributed by atoms with Crippen molar-refractivity contribution in [1.82, 2.24) is 14.7 Å². The molecule has 128 valence electrons. The maximum absolute atomic E-state index is 12.8. The topological polar surface area (TPSA) is 92.9 Å². The summed E-state index contributed by atoms with van der Waals surface area (Å²) in [6.45, 7) is -0.334. The van der Waals surface area contributed by atoms with Gasteiger partial charge in [-0.25, -0.2) is 14.2 Å². The van der Waals surface area contributed by atoms with Gasteiger partial charge in [0.25, 0.3) is 5.56 Å². The first kappa shape index (κ1) is 16.4. The number of pyridine rings is 1. The number of rotatable bonds is 5. The molecule has 3 rings (SSSR count). The van der Waals surface area contributed by atoms with Crippen LogP contribution in [0.2, 0.25) is 0 Å². The van der Waals surface area contributed by atoms with Gasteiger partial charge in [0.2, 0.25) is 0 Å². The van der Waals surface area contributed by atoms with E-state index in [1.807, 2.05) is 0 Å². The molecule has 8 heteroatoms. The van der Waals surface area contributed by atoms with E-state index in [-0.39, 0.29) is 24.3 Å². The van der Waals surface area contributed by atoms with Crippen molar-refractivity contribution in [3.05, 3.63) is 64.9 Å². The largest absolute Gasteiger partial charge is 0.489 e. The molecule has 0 spiro atoms. The van der Waals surface area contributed by atoms with E-state index in [9.17, 15) is 14.0 Å². The zero-order chi connectivity index (χ0) is 17.8. The fraction of sp³-hybridized carbons (Fsp3) is 0.118. The Kier molecular flexibility index (Phi) is 4.60. The van der Waals surface area contributed by atoms with Gasteiger partial charge in [-0.15, -0.1) is 0 Å². The molecule has 3 aromatic rings.